The molecular formula is C33H50O2. The van der Waals surface area contributed by atoms with Crippen LogP contribution in [0.25, 0.3) is 0 Å². The van der Waals surface area contributed by atoms with Gasteiger partial charge in [0, 0.05) is 23.0 Å². The Morgan fingerprint density at radius 2 is 0.686 bits per heavy atom. The Kier molecular flexibility index (Phi) is 26.8. The zero-order valence-corrected chi connectivity index (χ0v) is 24.1. The van der Waals surface area contributed by atoms with Gasteiger partial charge in [0.25, 0.3) is 0 Å². The van der Waals surface area contributed by atoms with E-state index in [0.717, 1.165) is 11.1 Å². The molecule has 0 saturated heterocycles. The smallest absolute Gasteiger partial charge is 0.165 e. The van der Waals surface area contributed by atoms with Gasteiger partial charge in [0.05, 0.1) is 0 Å². The van der Waals surface area contributed by atoms with Gasteiger partial charge >= 0.3 is 0 Å². The average molecular weight is 479 g/mol. The van der Waals surface area contributed by atoms with Crippen LogP contribution in [0.4, 0.5) is 0 Å². The number of carbonyl (C=O) groups is 2. The summed E-state index contributed by atoms with van der Waals surface area (Å²) in [4.78, 5) is 22.7. The summed E-state index contributed by atoms with van der Waals surface area (Å²) >= 11 is 0. The van der Waals surface area contributed by atoms with E-state index in [2.05, 4.69) is 19.1 Å². The predicted molar refractivity (Wildman–Crippen MR) is 156 cm³/mol. The highest BCUT2D eigenvalue weighted by Gasteiger charge is 2.08. The van der Waals surface area contributed by atoms with Crippen LogP contribution in [-0.4, -0.2) is 11.6 Å². The summed E-state index contributed by atoms with van der Waals surface area (Å²) in [6.07, 6.45) is 0. The molecule has 0 aliphatic heterocycles. The molecule has 0 heterocycles. The van der Waals surface area contributed by atoms with Crippen molar-refractivity contribution >= 4 is 11.6 Å². The Morgan fingerprint density at radius 1 is 0.457 bits per heavy atom. The lowest BCUT2D eigenvalue weighted by Crippen LogP contribution is -2.06. The van der Waals surface area contributed by atoms with E-state index in [4.69, 9.17) is 0 Å². The van der Waals surface area contributed by atoms with E-state index in [1.807, 2.05) is 148 Å². The van der Waals surface area contributed by atoms with Crippen molar-refractivity contribution in [3.8, 4) is 0 Å². The summed E-state index contributed by atoms with van der Waals surface area (Å²) in [5.74, 6) is 0.617. The van der Waals surface area contributed by atoms with Crippen LogP contribution < -0.4 is 0 Å². The number of hydrogen-bond donors (Lipinski definition) is 0. The molecule has 0 spiro atoms. The third-order valence-corrected chi connectivity index (χ3v) is 4.11. The maximum absolute atomic E-state index is 11.3. The van der Waals surface area contributed by atoms with Gasteiger partial charge in [-0.1, -0.05) is 166 Å². The SMILES string of the molecule is CC.CC.CC.CC(C)C(=O)c1ccccc1.CC(C)C(=O)c1ccccc1.Cc1ccccc1. The molecule has 0 N–H and O–H groups in total. The zero-order valence-electron chi connectivity index (χ0n) is 24.1. The van der Waals surface area contributed by atoms with Crippen molar-refractivity contribution in [2.45, 2.75) is 76.2 Å². The summed E-state index contributed by atoms with van der Waals surface area (Å²) in [7, 11) is 0. The molecule has 3 rings (SSSR count). The lowest BCUT2D eigenvalue weighted by atomic mass is 10.0. The van der Waals surface area contributed by atoms with Gasteiger partial charge in [-0.2, -0.15) is 0 Å². The van der Waals surface area contributed by atoms with Crippen LogP contribution in [0.5, 0.6) is 0 Å². The molecule has 0 atom stereocenters. The number of benzene rings is 3. The third kappa shape index (κ3) is 19.0. The number of hydrogen-bond acceptors (Lipinski definition) is 2. The molecule has 0 fully saturated rings. The quantitative estimate of drug-likeness (QED) is 0.349. The first-order chi connectivity index (χ1) is 16.8. The molecule has 0 bridgehead atoms. The van der Waals surface area contributed by atoms with Crippen molar-refractivity contribution in [3.05, 3.63) is 108 Å². The first-order valence-corrected chi connectivity index (χ1v) is 13.0. The highest BCUT2D eigenvalue weighted by Crippen LogP contribution is 2.07. The first kappa shape index (κ1) is 36.6. The lowest BCUT2D eigenvalue weighted by molar-refractivity contribution is 0.0932. The molecule has 0 amide bonds. The monoisotopic (exact) mass is 478 g/mol. The molecule has 3 aromatic carbocycles. The highest BCUT2D eigenvalue weighted by molar-refractivity contribution is 5.97. The van der Waals surface area contributed by atoms with Crippen LogP contribution in [0.1, 0.15) is 95.5 Å². The van der Waals surface area contributed by atoms with Crippen molar-refractivity contribution in [3.63, 3.8) is 0 Å². The Balaban J connectivity index is -0.000000402. The second kappa shape index (κ2) is 25.6. The van der Waals surface area contributed by atoms with Crippen LogP contribution in [0.15, 0.2) is 91.0 Å². The fourth-order valence-electron chi connectivity index (χ4n) is 2.41. The van der Waals surface area contributed by atoms with E-state index >= 15 is 0 Å². The highest BCUT2D eigenvalue weighted by atomic mass is 16.1. The van der Waals surface area contributed by atoms with Crippen molar-refractivity contribution in [1.82, 2.24) is 0 Å². The van der Waals surface area contributed by atoms with E-state index in [-0.39, 0.29) is 23.4 Å². The largest absolute Gasteiger partial charge is 0.294 e. The van der Waals surface area contributed by atoms with Crippen molar-refractivity contribution < 1.29 is 9.59 Å². The van der Waals surface area contributed by atoms with Gasteiger partial charge in [0.15, 0.2) is 11.6 Å². The minimum Gasteiger partial charge on any atom is -0.294 e. The predicted octanol–water partition coefficient (Wildman–Crippen LogP) is 10.1. The first-order valence-electron chi connectivity index (χ1n) is 13.0. The molecular weight excluding hydrogens is 428 g/mol. The maximum Gasteiger partial charge on any atom is 0.165 e. The van der Waals surface area contributed by atoms with Crippen molar-refractivity contribution in [2.24, 2.45) is 11.8 Å². The van der Waals surface area contributed by atoms with Crippen molar-refractivity contribution in [1.29, 1.82) is 0 Å². The van der Waals surface area contributed by atoms with Gasteiger partial charge in [0.2, 0.25) is 0 Å². The second-order valence-corrected chi connectivity index (χ2v) is 7.42. The van der Waals surface area contributed by atoms with E-state index < -0.39 is 0 Å². The number of carbonyl (C=O) groups excluding carboxylic acids is 2. The summed E-state index contributed by atoms with van der Waals surface area (Å²) in [6, 6.07) is 29.0. The molecule has 0 saturated carbocycles. The Morgan fingerprint density at radius 3 is 0.857 bits per heavy atom. The number of ketones is 2. The van der Waals surface area contributed by atoms with Gasteiger partial charge < -0.3 is 0 Å². The minimum absolute atomic E-state index is 0.0948. The number of rotatable bonds is 4. The zero-order chi connectivity index (χ0) is 27.6. The third-order valence-electron chi connectivity index (χ3n) is 4.11. The molecule has 0 radical (unpaired) electrons. The molecule has 0 unspecified atom stereocenters. The molecule has 0 aliphatic carbocycles. The minimum atomic E-state index is 0.0948. The topological polar surface area (TPSA) is 34.1 Å². The molecule has 0 aliphatic rings. The van der Waals surface area contributed by atoms with E-state index in [9.17, 15) is 9.59 Å². The van der Waals surface area contributed by atoms with E-state index in [1.54, 1.807) is 0 Å². The Bertz CT molecular complexity index is 781. The van der Waals surface area contributed by atoms with Crippen molar-refractivity contribution in [2.75, 3.05) is 0 Å². The molecule has 3 aromatic rings. The number of aryl methyl sites for hydroxylation is 1. The standard InChI is InChI=1S/2C10H12O.C7H8.3C2H6/c2*1-8(2)10(11)9-6-4-3-5-7-9;1-7-5-3-2-4-6-7;3*1-2/h2*3-8H,1-2H3;2-6H,1H3;3*1-2H3. The number of Topliss-reactive ketones (excluding diaryl/α,β-unsaturated/α-hetero) is 2. The Hall–Kier alpha value is -3.00. The summed E-state index contributed by atoms with van der Waals surface area (Å²) in [6.45, 7) is 21.7. The van der Waals surface area contributed by atoms with Gasteiger partial charge in [-0.05, 0) is 6.92 Å². The molecule has 0 aromatic heterocycles. The van der Waals surface area contributed by atoms with E-state index in [0.29, 0.717) is 0 Å². The van der Waals surface area contributed by atoms with Gasteiger partial charge in [-0.3, -0.25) is 9.59 Å². The lowest BCUT2D eigenvalue weighted by Gasteiger charge is -2.01. The fraction of sp³-hybridized carbons (Fsp3) is 0.394. The summed E-state index contributed by atoms with van der Waals surface area (Å²) < 4.78 is 0. The molecule has 2 heteroatoms. The van der Waals surface area contributed by atoms with Crippen LogP contribution in [0, 0.1) is 18.8 Å². The van der Waals surface area contributed by atoms with E-state index in [1.165, 1.54) is 5.56 Å². The normalized spacial score (nSPS) is 8.60. The van der Waals surface area contributed by atoms with Crippen LogP contribution in [0.3, 0.4) is 0 Å². The summed E-state index contributed by atoms with van der Waals surface area (Å²) in [5.41, 5.74) is 2.94. The van der Waals surface area contributed by atoms with Crippen LogP contribution >= 0.6 is 0 Å². The second-order valence-electron chi connectivity index (χ2n) is 7.42. The fourth-order valence-corrected chi connectivity index (χ4v) is 2.41. The summed E-state index contributed by atoms with van der Waals surface area (Å²) in [5, 5.41) is 0. The van der Waals surface area contributed by atoms with Gasteiger partial charge in [-0.25, -0.2) is 0 Å². The molecule has 35 heavy (non-hydrogen) atoms. The molecule has 2 nitrogen and oxygen atoms in total. The van der Waals surface area contributed by atoms with Gasteiger partial charge in [-0.15, -0.1) is 0 Å². The van der Waals surface area contributed by atoms with Crippen LogP contribution in [-0.2, 0) is 0 Å². The maximum atomic E-state index is 11.3. The van der Waals surface area contributed by atoms with Gasteiger partial charge in [0.1, 0.15) is 0 Å². The Labute approximate surface area is 216 Å². The molecule has 194 valence electrons. The average Bonchev–Trinajstić information content (AvgIpc) is 2.93. The van der Waals surface area contributed by atoms with Crippen LogP contribution in [0.2, 0.25) is 0 Å².